The van der Waals surface area contributed by atoms with Gasteiger partial charge in [0.05, 0.1) is 12.5 Å². The second kappa shape index (κ2) is 8.31. The number of morpholine rings is 1. The van der Waals surface area contributed by atoms with Crippen LogP contribution < -0.4 is 4.90 Å². The molecule has 0 bridgehead atoms. The molecule has 7 heteroatoms. The monoisotopic (exact) mass is 390 g/mol. The Kier molecular flexibility index (Phi) is 6.49. The average molecular weight is 390 g/mol. The molecule has 0 spiro atoms. The van der Waals surface area contributed by atoms with E-state index in [-0.39, 0.29) is 11.8 Å². The summed E-state index contributed by atoms with van der Waals surface area (Å²) in [6.07, 6.45) is -0.919. The van der Waals surface area contributed by atoms with Crippen molar-refractivity contribution in [3.8, 4) is 0 Å². The lowest BCUT2D eigenvalue weighted by Crippen LogP contribution is -2.52. The molecule has 0 saturated carbocycles. The van der Waals surface area contributed by atoms with E-state index >= 15 is 0 Å². The fourth-order valence-electron chi connectivity index (χ4n) is 2.99. The van der Waals surface area contributed by atoms with Gasteiger partial charge >= 0.3 is 5.97 Å². The number of nitrogens with zero attached hydrogens (tertiary/aromatic N) is 2. The SMILES string of the molecule is Cc1ccc(N2CCOC(C(C)C(=O)OC(C)(C)C)C2=O)cc1C(=O)N(C)C. The molecule has 1 aromatic carbocycles. The maximum atomic E-state index is 13.0. The average Bonchev–Trinajstić information content (AvgIpc) is 2.60. The molecule has 2 amide bonds. The highest BCUT2D eigenvalue weighted by Gasteiger charge is 2.39. The summed E-state index contributed by atoms with van der Waals surface area (Å²) in [6.45, 7) is 9.49. The third-order valence-corrected chi connectivity index (χ3v) is 4.52. The van der Waals surface area contributed by atoms with Crippen molar-refractivity contribution in [1.82, 2.24) is 4.90 Å². The maximum absolute atomic E-state index is 13.0. The van der Waals surface area contributed by atoms with E-state index < -0.39 is 23.6 Å². The molecule has 1 aliphatic heterocycles. The van der Waals surface area contributed by atoms with Crippen LogP contribution in [0, 0.1) is 12.8 Å². The van der Waals surface area contributed by atoms with Gasteiger partial charge in [-0.2, -0.15) is 0 Å². The van der Waals surface area contributed by atoms with Gasteiger partial charge in [-0.3, -0.25) is 14.4 Å². The van der Waals surface area contributed by atoms with Crippen molar-refractivity contribution in [3.63, 3.8) is 0 Å². The number of ether oxygens (including phenoxy) is 2. The zero-order valence-corrected chi connectivity index (χ0v) is 17.7. The number of hydrogen-bond acceptors (Lipinski definition) is 5. The molecule has 0 aromatic heterocycles. The Morgan fingerprint density at radius 3 is 2.50 bits per heavy atom. The maximum Gasteiger partial charge on any atom is 0.312 e. The molecule has 0 aliphatic carbocycles. The van der Waals surface area contributed by atoms with Gasteiger partial charge in [0.2, 0.25) is 0 Å². The predicted octanol–water partition coefficient (Wildman–Crippen LogP) is 2.41. The normalized spacial score (nSPS) is 18.6. The highest BCUT2D eigenvalue weighted by atomic mass is 16.6. The minimum Gasteiger partial charge on any atom is -0.460 e. The van der Waals surface area contributed by atoms with Gasteiger partial charge < -0.3 is 19.3 Å². The second-order valence-electron chi connectivity index (χ2n) is 8.30. The number of rotatable bonds is 4. The van der Waals surface area contributed by atoms with Gasteiger partial charge in [-0.15, -0.1) is 0 Å². The number of hydrogen-bond donors (Lipinski definition) is 0. The Balaban J connectivity index is 2.26. The molecule has 2 rings (SSSR count). The minimum absolute atomic E-state index is 0.126. The molecule has 0 N–H and O–H groups in total. The Morgan fingerprint density at radius 1 is 1.29 bits per heavy atom. The zero-order valence-electron chi connectivity index (χ0n) is 17.7. The lowest BCUT2D eigenvalue weighted by molar-refractivity contribution is -0.168. The quantitative estimate of drug-likeness (QED) is 0.738. The molecular formula is C21H30N2O5. The summed E-state index contributed by atoms with van der Waals surface area (Å²) >= 11 is 0. The van der Waals surface area contributed by atoms with Crippen molar-refractivity contribution in [2.45, 2.75) is 46.3 Å². The number of carbonyl (C=O) groups excluding carboxylic acids is 3. The summed E-state index contributed by atoms with van der Waals surface area (Å²) in [5.41, 5.74) is 1.35. The van der Waals surface area contributed by atoms with Crippen LogP contribution in [0.3, 0.4) is 0 Å². The van der Waals surface area contributed by atoms with Gasteiger partial charge in [0.25, 0.3) is 11.8 Å². The van der Waals surface area contributed by atoms with E-state index in [0.29, 0.717) is 24.4 Å². The smallest absolute Gasteiger partial charge is 0.312 e. The number of anilines is 1. The molecule has 28 heavy (non-hydrogen) atoms. The fourth-order valence-corrected chi connectivity index (χ4v) is 2.99. The summed E-state index contributed by atoms with van der Waals surface area (Å²) in [6, 6.07) is 5.34. The van der Waals surface area contributed by atoms with E-state index in [0.717, 1.165) is 5.56 Å². The van der Waals surface area contributed by atoms with Gasteiger partial charge in [-0.1, -0.05) is 6.07 Å². The Morgan fingerprint density at radius 2 is 1.93 bits per heavy atom. The van der Waals surface area contributed by atoms with Crippen molar-refractivity contribution in [3.05, 3.63) is 29.3 Å². The van der Waals surface area contributed by atoms with E-state index in [1.54, 1.807) is 58.8 Å². The van der Waals surface area contributed by atoms with Gasteiger partial charge in [0, 0.05) is 31.9 Å². The molecule has 2 atom stereocenters. The van der Waals surface area contributed by atoms with E-state index in [9.17, 15) is 14.4 Å². The van der Waals surface area contributed by atoms with Crippen LogP contribution >= 0.6 is 0 Å². The first kappa shape index (κ1) is 21.9. The van der Waals surface area contributed by atoms with Gasteiger partial charge in [0.15, 0.2) is 0 Å². The largest absolute Gasteiger partial charge is 0.460 e. The van der Waals surface area contributed by atoms with Gasteiger partial charge in [0.1, 0.15) is 11.7 Å². The second-order valence-corrected chi connectivity index (χ2v) is 8.30. The Bertz CT molecular complexity index is 767. The first-order chi connectivity index (χ1) is 12.9. The topological polar surface area (TPSA) is 76.1 Å². The fraction of sp³-hybridized carbons (Fsp3) is 0.571. The number of carbonyl (C=O) groups is 3. The first-order valence-corrected chi connectivity index (χ1v) is 9.40. The molecule has 1 saturated heterocycles. The molecule has 1 fully saturated rings. The number of benzene rings is 1. The van der Waals surface area contributed by atoms with Crippen LogP contribution in [-0.4, -0.2) is 61.6 Å². The van der Waals surface area contributed by atoms with Crippen molar-refractivity contribution < 1.29 is 23.9 Å². The third-order valence-electron chi connectivity index (χ3n) is 4.52. The van der Waals surface area contributed by atoms with Crippen LogP contribution in [0.1, 0.15) is 43.6 Å². The predicted molar refractivity (Wildman–Crippen MR) is 106 cm³/mol. The highest BCUT2D eigenvalue weighted by Crippen LogP contribution is 2.26. The third kappa shape index (κ3) is 4.90. The molecule has 1 aliphatic rings. The van der Waals surface area contributed by atoms with Crippen molar-refractivity contribution in [2.75, 3.05) is 32.1 Å². The Hall–Kier alpha value is -2.41. The molecule has 1 heterocycles. The Labute approximate surface area is 166 Å². The van der Waals surface area contributed by atoms with Gasteiger partial charge in [-0.05, 0) is 52.3 Å². The summed E-state index contributed by atoms with van der Waals surface area (Å²) in [4.78, 5) is 40.9. The molecular weight excluding hydrogens is 360 g/mol. The van der Waals surface area contributed by atoms with Crippen molar-refractivity contribution >= 4 is 23.5 Å². The molecule has 1 aromatic rings. The molecule has 154 valence electrons. The minimum atomic E-state index is -0.919. The van der Waals surface area contributed by atoms with Crippen LogP contribution in [0.4, 0.5) is 5.69 Å². The molecule has 7 nitrogen and oxygen atoms in total. The number of amides is 2. The lowest BCUT2D eigenvalue weighted by Gasteiger charge is -2.35. The number of aryl methyl sites for hydroxylation is 1. The highest BCUT2D eigenvalue weighted by molar-refractivity contribution is 6.02. The summed E-state index contributed by atoms with van der Waals surface area (Å²) < 4.78 is 11.0. The summed E-state index contributed by atoms with van der Waals surface area (Å²) in [5.74, 6) is -1.64. The lowest BCUT2D eigenvalue weighted by atomic mass is 10.0. The van der Waals surface area contributed by atoms with Crippen molar-refractivity contribution in [2.24, 2.45) is 5.92 Å². The van der Waals surface area contributed by atoms with Crippen molar-refractivity contribution in [1.29, 1.82) is 0 Å². The molecule has 2 unspecified atom stereocenters. The van der Waals surface area contributed by atoms with Gasteiger partial charge in [-0.25, -0.2) is 0 Å². The van der Waals surface area contributed by atoms with Crippen LogP contribution in [0.15, 0.2) is 18.2 Å². The van der Waals surface area contributed by atoms with E-state index in [4.69, 9.17) is 9.47 Å². The standard InChI is InChI=1S/C21H30N2O5/c1-13-8-9-15(12-16(13)18(24)22(6)7)23-10-11-27-17(19(23)25)14(2)20(26)28-21(3,4)5/h8-9,12,14,17H,10-11H2,1-7H3. The summed E-state index contributed by atoms with van der Waals surface area (Å²) in [7, 11) is 3.37. The van der Waals surface area contributed by atoms with Crippen LogP contribution in [0.5, 0.6) is 0 Å². The zero-order chi connectivity index (χ0) is 21.2. The molecule has 0 radical (unpaired) electrons. The van der Waals surface area contributed by atoms with E-state index in [1.165, 1.54) is 4.90 Å². The van der Waals surface area contributed by atoms with Crippen LogP contribution in [0.25, 0.3) is 0 Å². The number of esters is 1. The van der Waals surface area contributed by atoms with E-state index in [2.05, 4.69) is 0 Å². The van der Waals surface area contributed by atoms with Crippen LogP contribution in [-0.2, 0) is 19.1 Å². The van der Waals surface area contributed by atoms with Crippen LogP contribution in [0.2, 0.25) is 0 Å². The first-order valence-electron chi connectivity index (χ1n) is 9.40. The summed E-state index contributed by atoms with van der Waals surface area (Å²) in [5, 5.41) is 0. The van der Waals surface area contributed by atoms with E-state index in [1.807, 2.05) is 13.0 Å².